The summed E-state index contributed by atoms with van der Waals surface area (Å²) in [6.45, 7) is 2.36. The third kappa shape index (κ3) is 3.27. The van der Waals surface area contributed by atoms with Gasteiger partial charge in [-0.05, 0) is 37.1 Å². The number of anilines is 1. The number of benzene rings is 1. The second-order valence-corrected chi connectivity index (χ2v) is 6.94. The molecule has 2 rings (SSSR count). The summed E-state index contributed by atoms with van der Waals surface area (Å²) in [6.07, 6.45) is 0.00465. The average molecular weight is 313 g/mol. The molecule has 1 heterocycles. The number of rotatable bonds is 3. The highest BCUT2D eigenvalue weighted by atomic mass is 32.2. The summed E-state index contributed by atoms with van der Waals surface area (Å²) < 4.78 is 31.0. The molecule has 1 unspecified atom stereocenters. The maximum Gasteiger partial charge on any atom is 0.407 e. The lowest BCUT2D eigenvalue weighted by Gasteiger charge is -2.17. The van der Waals surface area contributed by atoms with Crippen molar-refractivity contribution in [2.24, 2.45) is 0 Å². The molecule has 0 bridgehead atoms. The van der Waals surface area contributed by atoms with Gasteiger partial charge in [-0.3, -0.25) is 0 Å². The van der Waals surface area contributed by atoms with Gasteiger partial charge in [-0.1, -0.05) is 0 Å². The molecule has 8 heteroatoms. The molecule has 0 aromatic heterocycles. The van der Waals surface area contributed by atoms with E-state index in [-0.39, 0.29) is 17.5 Å². The Balaban J connectivity index is 2.14. The third-order valence-corrected chi connectivity index (χ3v) is 5.40. The van der Waals surface area contributed by atoms with Crippen molar-refractivity contribution in [2.45, 2.75) is 24.3 Å². The van der Waals surface area contributed by atoms with E-state index in [1.54, 1.807) is 19.1 Å². The number of aryl methyl sites for hydroxylation is 1. The van der Waals surface area contributed by atoms with Crippen LogP contribution < -0.4 is 11.1 Å². The third-order valence-electron chi connectivity index (χ3n) is 3.54. The first-order valence-electron chi connectivity index (χ1n) is 6.55. The maximum absolute atomic E-state index is 12.5. The molecular weight excluding hydrogens is 294 g/mol. The molecule has 1 aromatic rings. The van der Waals surface area contributed by atoms with Crippen LogP contribution in [0.2, 0.25) is 0 Å². The van der Waals surface area contributed by atoms with Gasteiger partial charge in [-0.2, -0.15) is 4.31 Å². The highest BCUT2D eigenvalue weighted by Crippen LogP contribution is 2.23. The number of nitrogens with zero attached hydrogens (tertiary/aromatic N) is 1. The number of nitrogens with two attached hydrogens (primary N) is 1. The molecule has 21 heavy (non-hydrogen) atoms. The lowest BCUT2D eigenvalue weighted by molar-refractivity contribution is 0.167. The number of methoxy groups -OCH3 is 1. The Morgan fingerprint density at radius 2 is 2.19 bits per heavy atom. The molecule has 0 saturated carbocycles. The number of alkyl carbamates (subject to hydrolysis) is 1. The van der Waals surface area contributed by atoms with Crippen LogP contribution in [0.25, 0.3) is 0 Å². The van der Waals surface area contributed by atoms with Crippen LogP contribution in [-0.2, 0) is 14.8 Å². The van der Waals surface area contributed by atoms with Crippen LogP contribution in [0.15, 0.2) is 23.1 Å². The number of nitrogens with one attached hydrogen (secondary N) is 1. The Labute approximate surface area is 124 Å². The highest BCUT2D eigenvalue weighted by molar-refractivity contribution is 7.89. The number of nitrogen functional groups attached to an aromatic ring is 1. The van der Waals surface area contributed by atoms with Gasteiger partial charge in [-0.15, -0.1) is 0 Å². The summed E-state index contributed by atoms with van der Waals surface area (Å²) >= 11 is 0. The number of ether oxygens (including phenoxy) is 1. The fraction of sp³-hybridized carbons (Fsp3) is 0.462. The van der Waals surface area contributed by atoms with Gasteiger partial charge in [0.1, 0.15) is 0 Å². The van der Waals surface area contributed by atoms with Crippen LogP contribution in [0, 0.1) is 6.92 Å². The second-order valence-electron chi connectivity index (χ2n) is 5.00. The first-order valence-corrected chi connectivity index (χ1v) is 7.99. The molecule has 1 amide bonds. The summed E-state index contributed by atoms with van der Waals surface area (Å²) in [5.74, 6) is 0. The minimum absolute atomic E-state index is 0.216. The van der Waals surface area contributed by atoms with Crippen LogP contribution in [-0.4, -0.2) is 45.1 Å². The summed E-state index contributed by atoms with van der Waals surface area (Å²) in [5.41, 5.74) is 6.99. The number of carbonyl (C=O) groups is 1. The topological polar surface area (TPSA) is 102 Å². The minimum Gasteiger partial charge on any atom is -0.453 e. The van der Waals surface area contributed by atoms with Crippen LogP contribution in [0.5, 0.6) is 0 Å². The lowest BCUT2D eigenvalue weighted by atomic mass is 10.2. The van der Waals surface area contributed by atoms with Crippen molar-refractivity contribution in [1.82, 2.24) is 9.62 Å². The number of carbonyl (C=O) groups excluding carboxylic acids is 1. The molecule has 1 fully saturated rings. The van der Waals surface area contributed by atoms with E-state index < -0.39 is 16.1 Å². The minimum atomic E-state index is -3.57. The predicted molar refractivity (Wildman–Crippen MR) is 78.3 cm³/mol. The largest absolute Gasteiger partial charge is 0.453 e. The van der Waals surface area contributed by atoms with Gasteiger partial charge in [0.15, 0.2) is 0 Å². The predicted octanol–water partition coefficient (Wildman–Crippen LogP) is 0.696. The van der Waals surface area contributed by atoms with Gasteiger partial charge >= 0.3 is 6.09 Å². The van der Waals surface area contributed by atoms with E-state index >= 15 is 0 Å². The fourth-order valence-corrected chi connectivity index (χ4v) is 3.83. The summed E-state index contributed by atoms with van der Waals surface area (Å²) in [4.78, 5) is 11.4. The van der Waals surface area contributed by atoms with Crippen LogP contribution in [0.3, 0.4) is 0 Å². The van der Waals surface area contributed by atoms with Gasteiger partial charge < -0.3 is 15.8 Å². The first-order chi connectivity index (χ1) is 9.84. The Hall–Kier alpha value is -1.80. The summed E-state index contributed by atoms with van der Waals surface area (Å²) in [5, 5.41) is 2.62. The van der Waals surface area contributed by atoms with E-state index in [0.717, 1.165) is 5.56 Å². The monoisotopic (exact) mass is 313 g/mol. The Morgan fingerprint density at radius 3 is 2.81 bits per heavy atom. The standard InChI is InChI=1S/C13H19N3O4S/c1-9-7-11(3-4-12(9)14)21(18,19)16-6-5-10(8-16)15-13(17)20-2/h3-4,7,10H,5-6,8,14H2,1-2H3,(H,15,17). The molecule has 7 nitrogen and oxygen atoms in total. The number of amides is 1. The Kier molecular flexibility index (Phi) is 4.38. The number of hydrogen-bond acceptors (Lipinski definition) is 5. The van der Waals surface area contributed by atoms with Crippen LogP contribution >= 0.6 is 0 Å². The van der Waals surface area contributed by atoms with E-state index in [2.05, 4.69) is 10.1 Å². The second kappa shape index (κ2) is 5.90. The normalized spacial score (nSPS) is 19.4. The van der Waals surface area contributed by atoms with Crippen molar-refractivity contribution in [3.05, 3.63) is 23.8 Å². The Bertz CT molecular complexity index is 645. The van der Waals surface area contributed by atoms with Crippen molar-refractivity contribution in [3.8, 4) is 0 Å². The fourth-order valence-electron chi connectivity index (χ4n) is 2.25. The number of hydrogen-bond donors (Lipinski definition) is 2. The highest BCUT2D eigenvalue weighted by Gasteiger charge is 2.33. The molecule has 1 aliphatic rings. The molecular formula is C13H19N3O4S. The van der Waals surface area contributed by atoms with Gasteiger partial charge in [0, 0.05) is 24.8 Å². The summed E-state index contributed by atoms with van der Waals surface area (Å²) in [6, 6.07) is 4.41. The van der Waals surface area contributed by atoms with E-state index in [9.17, 15) is 13.2 Å². The molecule has 0 spiro atoms. The zero-order valence-corrected chi connectivity index (χ0v) is 12.8. The van der Waals surface area contributed by atoms with E-state index in [0.29, 0.717) is 18.7 Å². The molecule has 1 saturated heterocycles. The molecule has 1 atom stereocenters. The maximum atomic E-state index is 12.5. The van der Waals surface area contributed by atoms with Crippen molar-refractivity contribution in [2.75, 3.05) is 25.9 Å². The van der Waals surface area contributed by atoms with Gasteiger partial charge in [-0.25, -0.2) is 13.2 Å². The average Bonchev–Trinajstić information content (AvgIpc) is 2.90. The first kappa shape index (κ1) is 15.6. The van der Waals surface area contributed by atoms with Crippen molar-refractivity contribution in [3.63, 3.8) is 0 Å². The van der Waals surface area contributed by atoms with Crippen molar-refractivity contribution >= 4 is 21.8 Å². The number of sulfonamides is 1. The van der Waals surface area contributed by atoms with Gasteiger partial charge in [0.2, 0.25) is 10.0 Å². The molecule has 1 aromatic carbocycles. The smallest absolute Gasteiger partial charge is 0.407 e. The summed E-state index contributed by atoms with van der Waals surface area (Å²) in [7, 11) is -2.29. The molecule has 3 N–H and O–H groups in total. The van der Waals surface area contributed by atoms with Crippen molar-refractivity contribution in [1.29, 1.82) is 0 Å². The Morgan fingerprint density at radius 1 is 1.48 bits per heavy atom. The van der Waals surface area contributed by atoms with Gasteiger partial charge in [0.25, 0.3) is 0 Å². The SMILES string of the molecule is COC(=O)NC1CCN(S(=O)(=O)c2ccc(N)c(C)c2)C1. The zero-order valence-electron chi connectivity index (χ0n) is 12.0. The van der Waals surface area contributed by atoms with Crippen molar-refractivity contribution < 1.29 is 17.9 Å². The van der Waals surface area contributed by atoms with Gasteiger partial charge in [0.05, 0.1) is 12.0 Å². The van der Waals surface area contributed by atoms with E-state index in [4.69, 9.17) is 5.73 Å². The van der Waals surface area contributed by atoms with E-state index in [1.165, 1.54) is 17.5 Å². The zero-order chi connectivity index (χ0) is 15.6. The quantitative estimate of drug-likeness (QED) is 0.800. The molecule has 116 valence electrons. The molecule has 0 aliphatic carbocycles. The molecule has 0 radical (unpaired) electrons. The lowest BCUT2D eigenvalue weighted by Crippen LogP contribution is -2.38. The van der Waals surface area contributed by atoms with Crippen LogP contribution in [0.4, 0.5) is 10.5 Å². The molecule has 1 aliphatic heterocycles. The van der Waals surface area contributed by atoms with E-state index in [1.807, 2.05) is 0 Å². The van der Waals surface area contributed by atoms with Crippen LogP contribution in [0.1, 0.15) is 12.0 Å².